The summed E-state index contributed by atoms with van der Waals surface area (Å²) >= 11 is 0. The fraction of sp³-hybridized carbons (Fsp3) is 0.538. The highest BCUT2D eigenvalue weighted by atomic mass is 16.4. The van der Waals surface area contributed by atoms with Crippen molar-refractivity contribution in [3.63, 3.8) is 0 Å². The van der Waals surface area contributed by atoms with Crippen LogP contribution in [0.1, 0.15) is 38.4 Å². The molecule has 2 aromatic heterocycles. The summed E-state index contributed by atoms with van der Waals surface area (Å²) in [6.45, 7) is 2.41. The second-order valence-corrected chi connectivity index (χ2v) is 4.89. The van der Waals surface area contributed by atoms with Crippen molar-refractivity contribution in [3.05, 3.63) is 26.7 Å². The predicted molar refractivity (Wildman–Crippen MR) is 76.5 cm³/mol. The molecule has 0 saturated carbocycles. The summed E-state index contributed by atoms with van der Waals surface area (Å²) in [5.41, 5.74) is -0.292. The van der Waals surface area contributed by atoms with Gasteiger partial charge >= 0.3 is 11.7 Å². The first-order valence-electron chi connectivity index (χ1n) is 6.96. The van der Waals surface area contributed by atoms with E-state index < -0.39 is 17.2 Å². The number of nitrogens with zero attached hydrogens (tertiary/aromatic N) is 2. The van der Waals surface area contributed by atoms with E-state index in [1.54, 1.807) is 0 Å². The highest BCUT2D eigenvalue weighted by molar-refractivity contribution is 5.69. The normalized spacial score (nSPS) is 11.1. The molecule has 0 aromatic carbocycles. The molecule has 0 fully saturated rings. The molecule has 114 valence electrons. The third-order valence-electron chi connectivity index (χ3n) is 3.18. The minimum atomic E-state index is -0.826. The fourth-order valence-electron chi connectivity index (χ4n) is 2.21. The summed E-state index contributed by atoms with van der Waals surface area (Å²) < 4.78 is 1.44. The molecule has 8 heteroatoms. The Morgan fingerprint density at radius 1 is 1.29 bits per heavy atom. The molecule has 2 heterocycles. The van der Waals surface area contributed by atoms with Crippen LogP contribution in [0.3, 0.4) is 0 Å². The van der Waals surface area contributed by atoms with Gasteiger partial charge < -0.3 is 10.1 Å². The van der Waals surface area contributed by atoms with Crippen molar-refractivity contribution < 1.29 is 9.90 Å². The van der Waals surface area contributed by atoms with Crippen LogP contribution < -0.4 is 11.2 Å². The summed E-state index contributed by atoms with van der Waals surface area (Å²) in [4.78, 5) is 43.5. The van der Waals surface area contributed by atoms with Crippen LogP contribution in [0.2, 0.25) is 0 Å². The van der Waals surface area contributed by atoms with E-state index >= 15 is 0 Å². The molecule has 3 N–H and O–H groups in total. The molecule has 21 heavy (non-hydrogen) atoms. The molecule has 0 atom stereocenters. The van der Waals surface area contributed by atoms with Gasteiger partial charge in [-0.2, -0.15) is 0 Å². The van der Waals surface area contributed by atoms with E-state index in [4.69, 9.17) is 5.11 Å². The maximum Gasteiger partial charge on any atom is 0.330 e. The summed E-state index contributed by atoms with van der Waals surface area (Å²) in [6.07, 6.45) is 2.61. The van der Waals surface area contributed by atoms with Gasteiger partial charge in [0.05, 0.1) is 0 Å². The van der Waals surface area contributed by atoms with Gasteiger partial charge in [-0.3, -0.25) is 19.1 Å². The molecule has 0 saturated heterocycles. The van der Waals surface area contributed by atoms with Gasteiger partial charge in [-0.1, -0.05) is 6.92 Å². The second-order valence-electron chi connectivity index (χ2n) is 4.89. The summed E-state index contributed by atoms with van der Waals surface area (Å²) in [6, 6.07) is 0. The molecule has 0 spiro atoms. The maximum atomic E-state index is 11.8. The first kappa shape index (κ1) is 15.0. The van der Waals surface area contributed by atoms with Crippen LogP contribution in [-0.2, 0) is 17.8 Å². The van der Waals surface area contributed by atoms with Gasteiger partial charge in [0.25, 0.3) is 5.56 Å². The number of carbonyl (C=O) groups is 1. The van der Waals surface area contributed by atoms with Crippen LogP contribution in [0.25, 0.3) is 11.2 Å². The number of carboxylic acids is 1. The number of hydrogen-bond donors (Lipinski definition) is 3. The van der Waals surface area contributed by atoms with Crippen LogP contribution in [-0.4, -0.2) is 30.6 Å². The van der Waals surface area contributed by atoms with Gasteiger partial charge in [0.15, 0.2) is 5.65 Å². The minimum absolute atomic E-state index is 0.112. The Morgan fingerprint density at radius 2 is 2.05 bits per heavy atom. The smallest absolute Gasteiger partial charge is 0.330 e. The number of aryl methyl sites for hydroxylation is 2. The second kappa shape index (κ2) is 6.38. The van der Waals surface area contributed by atoms with Gasteiger partial charge in [0.2, 0.25) is 0 Å². The monoisotopic (exact) mass is 294 g/mol. The topological polar surface area (TPSA) is 121 Å². The van der Waals surface area contributed by atoms with Crippen molar-refractivity contribution >= 4 is 17.1 Å². The molecule has 8 nitrogen and oxygen atoms in total. The molecule has 0 amide bonds. The summed E-state index contributed by atoms with van der Waals surface area (Å²) in [7, 11) is 0. The zero-order valence-corrected chi connectivity index (χ0v) is 11.8. The molecule has 0 aliphatic rings. The molecular weight excluding hydrogens is 276 g/mol. The van der Waals surface area contributed by atoms with Gasteiger partial charge in [-0.15, -0.1) is 0 Å². The van der Waals surface area contributed by atoms with Gasteiger partial charge in [-0.05, 0) is 19.3 Å². The van der Waals surface area contributed by atoms with Crippen molar-refractivity contribution in [3.8, 4) is 0 Å². The number of nitrogens with one attached hydrogen (secondary N) is 2. The van der Waals surface area contributed by atoms with Gasteiger partial charge in [-0.25, -0.2) is 9.78 Å². The van der Waals surface area contributed by atoms with Crippen molar-refractivity contribution in [2.75, 3.05) is 0 Å². The molecular formula is C13H18N4O4. The number of imidazole rings is 1. The molecule has 0 unspecified atom stereocenters. The van der Waals surface area contributed by atoms with Crippen molar-refractivity contribution in [1.82, 2.24) is 19.5 Å². The average molecular weight is 294 g/mol. The van der Waals surface area contributed by atoms with Crippen molar-refractivity contribution in [1.29, 1.82) is 0 Å². The average Bonchev–Trinajstić information content (AvgIpc) is 2.84. The SMILES string of the molecule is CCCn1c(=O)[nH]c(=O)c2[nH]c(CCCCC(=O)O)nc21. The van der Waals surface area contributed by atoms with Crippen molar-refractivity contribution in [2.24, 2.45) is 0 Å². The zero-order chi connectivity index (χ0) is 15.4. The third-order valence-corrected chi connectivity index (χ3v) is 3.18. The number of hydrogen-bond acceptors (Lipinski definition) is 4. The van der Waals surface area contributed by atoms with Crippen molar-refractivity contribution in [2.45, 2.75) is 45.6 Å². The number of aliphatic carboxylic acids is 1. The molecule has 0 bridgehead atoms. The molecule has 0 aliphatic heterocycles. The Bertz CT molecular complexity index is 756. The van der Waals surface area contributed by atoms with E-state index in [-0.39, 0.29) is 11.9 Å². The van der Waals surface area contributed by atoms with Crippen LogP contribution >= 0.6 is 0 Å². The van der Waals surface area contributed by atoms with Crippen LogP contribution in [0.5, 0.6) is 0 Å². The standard InChI is InChI=1S/C13H18N4O4/c1-2-7-17-11-10(12(20)16-13(17)21)14-8(15-11)5-3-4-6-9(18)19/h2-7H2,1H3,(H,14,15)(H,18,19)(H,16,20,21). The number of unbranched alkanes of at least 4 members (excludes halogenated alkanes) is 1. The minimum Gasteiger partial charge on any atom is -0.481 e. The Hall–Kier alpha value is -2.38. The lowest BCUT2D eigenvalue weighted by molar-refractivity contribution is -0.137. The summed E-state index contributed by atoms with van der Waals surface area (Å²) in [5.74, 6) is -0.232. The molecule has 2 rings (SSSR count). The summed E-state index contributed by atoms with van der Waals surface area (Å²) in [5, 5.41) is 8.58. The van der Waals surface area contributed by atoms with E-state index in [0.717, 1.165) is 6.42 Å². The first-order valence-corrected chi connectivity index (χ1v) is 6.96. The Labute approximate surface area is 119 Å². The number of rotatable bonds is 7. The number of carboxylic acid groups (broad SMARTS) is 1. The largest absolute Gasteiger partial charge is 0.481 e. The molecule has 0 radical (unpaired) electrons. The molecule has 0 aliphatic carbocycles. The van der Waals surface area contributed by atoms with Gasteiger partial charge in [0.1, 0.15) is 11.3 Å². The van der Waals surface area contributed by atoms with Crippen LogP contribution in [0.4, 0.5) is 0 Å². The highest BCUT2D eigenvalue weighted by Gasteiger charge is 2.12. The van der Waals surface area contributed by atoms with Gasteiger partial charge in [0, 0.05) is 19.4 Å². The lowest BCUT2D eigenvalue weighted by atomic mass is 10.2. The lowest BCUT2D eigenvalue weighted by Gasteiger charge is -2.02. The number of aromatic nitrogens is 4. The first-order chi connectivity index (χ1) is 10.0. The van der Waals surface area contributed by atoms with Crippen LogP contribution in [0, 0.1) is 0 Å². The van der Waals surface area contributed by atoms with E-state index in [9.17, 15) is 14.4 Å². The fourth-order valence-corrected chi connectivity index (χ4v) is 2.21. The highest BCUT2D eigenvalue weighted by Crippen LogP contribution is 2.09. The zero-order valence-electron chi connectivity index (χ0n) is 11.8. The van der Waals surface area contributed by atoms with E-state index in [1.165, 1.54) is 4.57 Å². The third kappa shape index (κ3) is 3.39. The van der Waals surface area contributed by atoms with E-state index in [0.29, 0.717) is 37.3 Å². The predicted octanol–water partition coefficient (Wildman–Crippen LogP) is 0.620. The quantitative estimate of drug-likeness (QED) is 0.646. The van der Waals surface area contributed by atoms with E-state index in [1.807, 2.05) is 6.92 Å². The van der Waals surface area contributed by atoms with Crippen LogP contribution in [0.15, 0.2) is 9.59 Å². The number of H-pyrrole nitrogens is 2. The Balaban J connectivity index is 2.26. The lowest BCUT2D eigenvalue weighted by Crippen LogP contribution is -2.30. The van der Waals surface area contributed by atoms with E-state index in [2.05, 4.69) is 15.0 Å². The number of fused-ring (bicyclic) bond motifs is 1. The Morgan fingerprint density at radius 3 is 2.71 bits per heavy atom. The maximum absolute atomic E-state index is 11.8. The molecule has 2 aromatic rings. The number of aromatic amines is 2. The Kier molecular flexibility index (Phi) is 4.56.